The molecule has 1 saturated heterocycles. The average molecular weight is 276 g/mol. The van der Waals surface area contributed by atoms with Gasteiger partial charge in [-0.15, -0.1) is 0 Å². The Balaban J connectivity index is 1.89. The van der Waals surface area contributed by atoms with Gasteiger partial charge in [0.2, 0.25) is 5.91 Å². The van der Waals surface area contributed by atoms with Crippen molar-refractivity contribution < 1.29 is 14.7 Å². The van der Waals surface area contributed by atoms with Crippen molar-refractivity contribution in [3.63, 3.8) is 0 Å². The van der Waals surface area contributed by atoms with E-state index < -0.39 is 5.97 Å². The minimum Gasteiger partial charge on any atom is -0.478 e. The highest BCUT2D eigenvalue weighted by Crippen LogP contribution is 2.15. The summed E-state index contributed by atoms with van der Waals surface area (Å²) in [5, 5.41) is 15.0. The molecule has 2 unspecified atom stereocenters. The molecule has 1 amide bonds. The van der Waals surface area contributed by atoms with E-state index in [2.05, 4.69) is 17.6 Å². The maximum absolute atomic E-state index is 12.0. The first-order valence-electron chi connectivity index (χ1n) is 6.89. The fourth-order valence-corrected chi connectivity index (χ4v) is 2.43. The first-order valence-corrected chi connectivity index (χ1v) is 6.89. The molecular weight excluding hydrogens is 256 g/mol. The Labute approximate surface area is 118 Å². The number of hydrogen-bond acceptors (Lipinski definition) is 3. The quantitative estimate of drug-likeness (QED) is 0.776. The predicted octanol–water partition coefficient (Wildman–Crippen LogP) is 1.39. The van der Waals surface area contributed by atoms with Crippen LogP contribution in [0, 0.1) is 5.92 Å². The molecule has 3 N–H and O–H groups in total. The monoisotopic (exact) mass is 276 g/mol. The zero-order valence-electron chi connectivity index (χ0n) is 11.6. The number of amides is 1. The van der Waals surface area contributed by atoms with E-state index in [1.165, 1.54) is 6.07 Å². The Bertz CT molecular complexity index is 502. The van der Waals surface area contributed by atoms with Gasteiger partial charge in [0.05, 0.1) is 11.6 Å². The molecule has 0 bridgehead atoms. The normalized spacial score (nSPS) is 22.2. The molecule has 1 aliphatic rings. The van der Waals surface area contributed by atoms with Crippen LogP contribution in [0.1, 0.15) is 35.7 Å². The summed E-state index contributed by atoms with van der Waals surface area (Å²) in [5.41, 5.74) is 1.03. The van der Waals surface area contributed by atoms with Gasteiger partial charge in [-0.3, -0.25) is 4.79 Å². The largest absolute Gasteiger partial charge is 0.478 e. The molecule has 1 aliphatic heterocycles. The molecule has 0 saturated carbocycles. The molecule has 1 aromatic carbocycles. The van der Waals surface area contributed by atoms with Crippen LogP contribution in [0.3, 0.4) is 0 Å². The molecule has 2 atom stereocenters. The van der Waals surface area contributed by atoms with Crippen molar-refractivity contribution in [2.24, 2.45) is 5.92 Å². The smallest absolute Gasteiger partial charge is 0.335 e. The Hall–Kier alpha value is -1.88. The summed E-state index contributed by atoms with van der Waals surface area (Å²) in [4.78, 5) is 22.9. The number of aromatic carboxylic acids is 1. The van der Waals surface area contributed by atoms with Crippen molar-refractivity contribution in [1.82, 2.24) is 10.6 Å². The third-order valence-electron chi connectivity index (χ3n) is 3.62. The summed E-state index contributed by atoms with van der Waals surface area (Å²) >= 11 is 0. The molecule has 20 heavy (non-hydrogen) atoms. The highest BCUT2D eigenvalue weighted by atomic mass is 16.4. The number of carbonyl (C=O) groups is 2. The minimum atomic E-state index is -0.957. The lowest BCUT2D eigenvalue weighted by Gasteiger charge is -2.27. The van der Waals surface area contributed by atoms with Crippen LogP contribution in [0.2, 0.25) is 0 Å². The third kappa shape index (κ3) is 3.81. The lowest BCUT2D eigenvalue weighted by molar-refractivity contribution is -0.124. The molecular formula is C15H20N2O3. The highest BCUT2D eigenvalue weighted by Gasteiger charge is 2.24. The molecule has 0 spiro atoms. The number of carbonyl (C=O) groups excluding carboxylic acids is 1. The molecule has 0 aliphatic carbocycles. The Morgan fingerprint density at radius 3 is 2.95 bits per heavy atom. The number of hydrogen-bond donors (Lipinski definition) is 3. The Morgan fingerprint density at radius 1 is 1.45 bits per heavy atom. The van der Waals surface area contributed by atoms with Crippen LogP contribution in [0.25, 0.3) is 0 Å². The molecule has 5 nitrogen and oxygen atoms in total. The van der Waals surface area contributed by atoms with Crippen LogP contribution in [-0.4, -0.2) is 29.6 Å². The maximum Gasteiger partial charge on any atom is 0.335 e. The van der Waals surface area contributed by atoms with Crippen molar-refractivity contribution >= 4 is 11.9 Å². The summed E-state index contributed by atoms with van der Waals surface area (Å²) in [7, 11) is 0. The summed E-state index contributed by atoms with van der Waals surface area (Å²) in [6.45, 7) is 3.37. The van der Waals surface area contributed by atoms with Gasteiger partial charge in [-0.05, 0) is 43.0 Å². The maximum atomic E-state index is 12.0. The average Bonchev–Trinajstić information content (AvgIpc) is 2.45. The minimum absolute atomic E-state index is 0.0164. The first-order chi connectivity index (χ1) is 9.56. The third-order valence-corrected chi connectivity index (χ3v) is 3.62. The lowest BCUT2D eigenvalue weighted by atomic mass is 9.94. The second kappa shape index (κ2) is 6.52. The molecule has 0 radical (unpaired) electrons. The number of carboxylic acid groups (broad SMARTS) is 1. The van der Waals surface area contributed by atoms with E-state index in [-0.39, 0.29) is 17.5 Å². The fourth-order valence-electron chi connectivity index (χ4n) is 2.43. The van der Waals surface area contributed by atoms with Gasteiger partial charge in [0, 0.05) is 6.54 Å². The van der Waals surface area contributed by atoms with Gasteiger partial charge in [-0.2, -0.15) is 0 Å². The number of piperidine rings is 1. The highest BCUT2D eigenvalue weighted by molar-refractivity contribution is 5.87. The van der Waals surface area contributed by atoms with Gasteiger partial charge < -0.3 is 15.7 Å². The molecule has 1 aromatic rings. The van der Waals surface area contributed by atoms with Gasteiger partial charge >= 0.3 is 5.97 Å². The van der Waals surface area contributed by atoms with Gasteiger partial charge in [0.25, 0.3) is 0 Å². The molecule has 1 fully saturated rings. The predicted molar refractivity (Wildman–Crippen MR) is 75.4 cm³/mol. The topological polar surface area (TPSA) is 78.4 Å². The van der Waals surface area contributed by atoms with Crippen molar-refractivity contribution in [2.45, 2.75) is 32.4 Å². The van der Waals surface area contributed by atoms with E-state index in [0.717, 1.165) is 24.9 Å². The van der Waals surface area contributed by atoms with E-state index in [0.29, 0.717) is 12.5 Å². The Morgan fingerprint density at radius 2 is 2.25 bits per heavy atom. The Kier molecular flexibility index (Phi) is 4.74. The molecule has 0 aromatic heterocycles. The van der Waals surface area contributed by atoms with Crippen LogP contribution >= 0.6 is 0 Å². The molecule has 5 heteroatoms. The van der Waals surface area contributed by atoms with Crippen molar-refractivity contribution in [2.75, 3.05) is 6.54 Å². The molecule has 108 valence electrons. The van der Waals surface area contributed by atoms with E-state index in [4.69, 9.17) is 5.11 Å². The van der Waals surface area contributed by atoms with Gasteiger partial charge in [0.15, 0.2) is 0 Å². The van der Waals surface area contributed by atoms with Gasteiger partial charge in [-0.1, -0.05) is 19.1 Å². The second-order valence-corrected chi connectivity index (χ2v) is 5.36. The van der Waals surface area contributed by atoms with Crippen LogP contribution in [-0.2, 0) is 11.3 Å². The summed E-state index contributed by atoms with van der Waals surface area (Å²) < 4.78 is 0. The van der Waals surface area contributed by atoms with Gasteiger partial charge in [0.1, 0.15) is 0 Å². The number of rotatable bonds is 4. The van der Waals surface area contributed by atoms with Gasteiger partial charge in [-0.25, -0.2) is 4.79 Å². The van der Waals surface area contributed by atoms with Crippen LogP contribution in [0.5, 0.6) is 0 Å². The zero-order valence-corrected chi connectivity index (χ0v) is 11.6. The lowest BCUT2D eigenvalue weighted by Crippen LogP contribution is -2.48. The second-order valence-electron chi connectivity index (χ2n) is 5.36. The van der Waals surface area contributed by atoms with E-state index in [1.54, 1.807) is 12.1 Å². The van der Waals surface area contributed by atoms with E-state index in [1.807, 2.05) is 6.07 Å². The number of benzene rings is 1. The first kappa shape index (κ1) is 14.5. The standard InChI is InChI=1S/C15H20N2O3/c1-10-5-6-16-13(7-10)14(18)17-9-11-3-2-4-12(8-11)15(19)20/h2-4,8,10,13,16H,5-7,9H2,1H3,(H,17,18)(H,19,20). The van der Waals surface area contributed by atoms with E-state index in [9.17, 15) is 9.59 Å². The number of nitrogens with one attached hydrogen (secondary N) is 2. The zero-order chi connectivity index (χ0) is 14.5. The van der Waals surface area contributed by atoms with Crippen LogP contribution < -0.4 is 10.6 Å². The molecule has 2 rings (SSSR count). The van der Waals surface area contributed by atoms with Crippen molar-refractivity contribution in [1.29, 1.82) is 0 Å². The fraction of sp³-hybridized carbons (Fsp3) is 0.467. The van der Waals surface area contributed by atoms with Crippen molar-refractivity contribution in [3.8, 4) is 0 Å². The SMILES string of the molecule is CC1CCNC(C(=O)NCc2cccc(C(=O)O)c2)C1. The van der Waals surface area contributed by atoms with Crippen molar-refractivity contribution in [3.05, 3.63) is 35.4 Å². The molecule has 1 heterocycles. The summed E-state index contributed by atoms with van der Waals surface area (Å²) in [5.74, 6) is -0.416. The van der Waals surface area contributed by atoms with E-state index >= 15 is 0 Å². The number of carboxylic acids is 1. The summed E-state index contributed by atoms with van der Waals surface area (Å²) in [6.07, 6.45) is 1.95. The van der Waals surface area contributed by atoms with Crippen LogP contribution in [0.15, 0.2) is 24.3 Å². The summed E-state index contributed by atoms with van der Waals surface area (Å²) in [6, 6.07) is 6.48. The van der Waals surface area contributed by atoms with Crippen LogP contribution in [0.4, 0.5) is 0 Å².